The maximum absolute atomic E-state index is 6.20. The summed E-state index contributed by atoms with van der Waals surface area (Å²) < 4.78 is 5.87. The Kier molecular flexibility index (Phi) is 6.22. The Bertz CT molecular complexity index is 1080. The smallest absolute Gasteiger partial charge is 0.222 e. The zero-order chi connectivity index (χ0) is 20.8. The summed E-state index contributed by atoms with van der Waals surface area (Å²) in [5, 5.41) is 5.49. The number of ether oxygens (including phenoxy) is 1. The van der Waals surface area contributed by atoms with Gasteiger partial charge in [-0.1, -0.05) is 48.5 Å². The fourth-order valence-corrected chi connectivity index (χ4v) is 3.81. The van der Waals surface area contributed by atoms with Gasteiger partial charge in [0.05, 0.1) is 18.9 Å². The standard InChI is InChI=1S/C23H23N5OS/c24-22-21(17-8-10-18(11-9-17)26-13-19-7-4-12-30-19)20(27-23(25)28-22)15-29-14-16-5-2-1-3-6-16/h1-12,26H,13-15H2,(H4,24,25,27,28). The lowest BCUT2D eigenvalue weighted by molar-refractivity contribution is 0.105. The van der Waals surface area contributed by atoms with Crippen LogP contribution in [0.4, 0.5) is 17.5 Å². The number of thiophene rings is 1. The molecule has 0 aliphatic heterocycles. The highest BCUT2D eigenvalue weighted by Gasteiger charge is 2.14. The van der Waals surface area contributed by atoms with E-state index in [9.17, 15) is 0 Å². The number of hydrogen-bond donors (Lipinski definition) is 3. The van der Waals surface area contributed by atoms with Gasteiger partial charge < -0.3 is 21.5 Å². The van der Waals surface area contributed by atoms with E-state index in [-0.39, 0.29) is 5.95 Å². The maximum atomic E-state index is 6.20. The Labute approximate surface area is 179 Å². The van der Waals surface area contributed by atoms with Gasteiger partial charge >= 0.3 is 0 Å². The van der Waals surface area contributed by atoms with Crippen LogP contribution in [0.2, 0.25) is 0 Å². The summed E-state index contributed by atoms with van der Waals surface area (Å²) in [6.45, 7) is 1.57. The molecule has 2 heterocycles. The molecule has 6 nitrogen and oxygen atoms in total. The van der Waals surface area contributed by atoms with Gasteiger partial charge in [0, 0.05) is 22.7 Å². The van der Waals surface area contributed by atoms with Gasteiger partial charge in [-0.25, -0.2) is 4.98 Å². The number of benzene rings is 2. The number of hydrogen-bond acceptors (Lipinski definition) is 7. The van der Waals surface area contributed by atoms with Gasteiger partial charge in [-0.2, -0.15) is 4.98 Å². The number of nitrogens with one attached hydrogen (secondary N) is 1. The van der Waals surface area contributed by atoms with Crippen LogP contribution in [0.25, 0.3) is 11.1 Å². The highest BCUT2D eigenvalue weighted by molar-refractivity contribution is 7.09. The summed E-state index contributed by atoms with van der Waals surface area (Å²) in [6.07, 6.45) is 0. The molecular formula is C23H23N5OS. The molecule has 2 aromatic heterocycles. The molecule has 7 heteroatoms. The molecule has 0 aliphatic carbocycles. The van der Waals surface area contributed by atoms with E-state index in [2.05, 4.69) is 32.8 Å². The van der Waals surface area contributed by atoms with Gasteiger partial charge in [0.15, 0.2) is 0 Å². The van der Waals surface area contributed by atoms with Crippen LogP contribution in [0.15, 0.2) is 72.1 Å². The molecule has 0 aliphatic rings. The first-order valence-corrected chi connectivity index (χ1v) is 10.5. The van der Waals surface area contributed by atoms with E-state index >= 15 is 0 Å². The highest BCUT2D eigenvalue weighted by Crippen LogP contribution is 2.30. The largest absolute Gasteiger partial charge is 0.383 e. The Hall–Kier alpha value is -3.42. The van der Waals surface area contributed by atoms with Crippen LogP contribution in [-0.2, 0) is 24.5 Å². The van der Waals surface area contributed by atoms with Gasteiger partial charge in [0.2, 0.25) is 5.95 Å². The first-order chi connectivity index (χ1) is 14.7. The van der Waals surface area contributed by atoms with Crippen molar-refractivity contribution >= 4 is 28.8 Å². The van der Waals surface area contributed by atoms with Crippen molar-refractivity contribution in [1.82, 2.24) is 9.97 Å². The fourth-order valence-electron chi connectivity index (χ4n) is 3.16. The van der Waals surface area contributed by atoms with Crippen molar-refractivity contribution in [2.75, 3.05) is 16.8 Å². The van der Waals surface area contributed by atoms with Crippen molar-refractivity contribution in [2.45, 2.75) is 19.8 Å². The van der Waals surface area contributed by atoms with E-state index in [0.717, 1.165) is 28.9 Å². The third-order valence-electron chi connectivity index (χ3n) is 4.60. The molecule has 0 saturated carbocycles. The van der Waals surface area contributed by atoms with E-state index in [4.69, 9.17) is 16.2 Å². The Morgan fingerprint density at radius 3 is 2.40 bits per heavy atom. The van der Waals surface area contributed by atoms with Gasteiger partial charge in [-0.05, 0) is 34.7 Å². The number of nitrogen functional groups attached to an aromatic ring is 2. The van der Waals surface area contributed by atoms with Crippen molar-refractivity contribution in [1.29, 1.82) is 0 Å². The molecule has 2 aromatic carbocycles. The van der Waals surface area contributed by atoms with Crippen LogP contribution < -0.4 is 16.8 Å². The predicted octanol–water partition coefficient (Wildman–Crippen LogP) is 4.70. The van der Waals surface area contributed by atoms with Crippen LogP contribution in [0.5, 0.6) is 0 Å². The predicted molar refractivity (Wildman–Crippen MR) is 123 cm³/mol. The first kappa shape index (κ1) is 19.9. The summed E-state index contributed by atoms with van der Waals surface area (Å²) in [4.78, 5) is 9.81. The summed E-state index contributed by atoms with van der Waals surface area (Å²) in [6, 6.07) is 22.2. The molecule has 0 unspecified atom stereocenters. The number of nitrogens with two attached hydrogens (primary N) is 2. The van der Waals surface area contributed by atoms with Crippen LogP contribution >= 0.6 is 11.3 Å². The van der Waals surface area contributed by atoms with Crippen molar-refractivity contribution in [3.8, 4) is 11.1 Å². The molecule has 0 atom stereocenters. The molecule has 0 amide bonds. The van der Waals surface area contributed by atoms with Gasteiger partial charge in [0.25, 0.3) is 0 Å². The molecule has 4 rings (SSSR count). The average Bonchev–Trinajstić information content (AvgIpc) is 3.27. The zero-order valence-corrected chi connectivity index (χ0v) is 17.2. The van der Waals surface area contributed by atoms with Gasteiger partial charge in [-0.15, -0.1) is 11.3 Å². The normalized spacial score (nSPS) is 10.8. The molecule has 0 bridgehead atoms. The number of aromatic nitrogens is 2. The molecule has 0 fully saturated rings. The lowest BCUT2D eigenvalue weighted by Gasteiger charge is -2.13. The van der Waals surface area contributed by atoms with Crippen molar-refractivity contribution in [2.24, 2.45) is 0 Å². The fraction of sp³-hybridized carbons (Fsp3) is 0.130. The van der Waals surface area contributed by atoms with E-state index in [0.29, 0.717) is 24.7 Å². The maximum Gasteiger partial charge on any atom is 0.222 e. The molecule has 0 saturated heterocycles. The van der Waals surface area contributed by atoms with Crippen LogP contribution in [0.1, 0.15) is 16.1 Å². The van der Waals surface area contributed by atoms with E-state index < -0.39 is 0 Å². The van der Waals surface area contributed by atoms with Crippen molar-refractivity contribution in [3.05, 3.63) is 88.2 Å². The van der Waals surface area contributed by atoms with E-state index in [1.54, 1.807) is 11.3 Å². The number of anilines is 3. The van der Waals surface area contributed by atoms with Crippen LogP contribution in [0.3, 0.4) is 0 Å². The van der Waals surface area contributed by atoms with E-state index in [1.165, 1.54) is 4.88 Å². The monoisotopic (exact) mass is 417 g/mol. The van der Waals surface area contributed by atoms with Crippen molar-refractivity contribution < 1.29 is 4.74 Å². The molecule has 0 spiro atoms. The third kappa shape index (κ3) is 4.94. The lowest BCUT2D eigenvalue weighted by atomic mass is 10.0. The summed E-state index contributed by atoms with van der Waals surface area (Å²) >= 11 is 1.73. The topological polar surface area (TPSA) is 99.1 Å². The summed E-state index contributed by atoms with van der Waals surface area (Å²) in [7, 11) is 0. The summed E-state index contributed by atoms with van der Waals surface area (Å²) in [5.74, 6) is 0.490. The second-order valence-electron chi connectivity index (χ2n) is 6.78. The minimum absolute atomic E-state index is 0.142. The molecule has 0 radical (unpaired) electrons. The Balaban J connectivity index is 1.49. The first-order valence-electron chi connectivity index (χ1n) is 9.59. The molecule has 4 aromatic rings. The minimum atomic E-state index is 0.142. The van der Waals surface area contributed by atoms with Gasteiger partial charge in [0.1, 0.15) is 5.82 Å². The zero-order valence-electron chi connectivity index (χ0n) is 16.4. The second kappa shape index (κ2) is 9.39. The average molecular weight is 418 g/mol. The minimum Gasteiger partial charge on any atom is -0.383 e. The Morgan fingerprint density at radius 2 is 1.67 bits per heavy atom. The summed E-state index contributed by atoms with van der Waals surface area (Å²) in [5.41, 5.74) is 16.5. The lowest BCUT2D eigenvalue weighted by Crippen LogP contribution is -2.08. The SMILES string of the molecule is Nc1nc(N)c(-c2ccc(NCc3cccs3)cc2)c(COCc2ccccc2)n1. The van der Waals surface area contributed by atoms with Gasteiger partial charge in [-0.3, -0.25) is 0 Å². The molecular weight excluding hydrogens is 394 g/mol. The molecule has 152 valence electrons. The van der Waals surface area contributed by atoms with Crippen molar-refractivity contribution in [3.63, 3.8) is 0 Å². The number of nitrogens with zero attached hydrogens (tertiary/aromatic N) is 2. The van der Waals surface area contributed by atoms with E-state index in [1.807, 2.05) is 54.6 Å². The van der Waals surface area contributed by atoms with Crippen LogP contribution in [-0.4, -0.2) is 9.97 Å². The third-order valence-corrected chi connectivity index (χ3v) is 5.48. The molecule has 5 N–H and O–H groups in total. The number of rotatable bonds is 8. The Morgan fingerprint density at radius 1 is 0.867 bits per heavy atom. The van der Waals surface area contributed by atoms with Crippen LogP contribution in [0, 0.1) is 0 Å². The molecule has 30 heavy (non-hydrogen) atoms. The highest BCUT2D eigenvalue weighted by atomic mass is 32.1. The second-order valence-corrected chi connectivity index (χ2v) is 7.81. The quantitative estimate of drug-likeness (QED) is 0.384.